The summed E-state index contributed by atoms with van der Waals surface area (Å²) in [5.41, 5.74) is 2.55. The van der Waals surface area contributed by atoms with Crippen LogP contribution in [0.5, 0.6) is 5.75 Å². The van der Waals surface area contributed by atoms with Crippen molar-refractivity contribution in [3.05, 3.63) is 18.2 Å². The average molecular weight is 204 g/mol. The van der Waals surface area contributed by atoms with Crippen LogP contribution in [0.4, 0.5) is 11.4 Å². The molecule has 1 saturated carbocycles. The second-order valence-electron chi connectivity index (χ2n) is 4.23. The smallest absolute Gasteiger partial charge is 0.121 e. The molecule has 80 valence electrons. The number of anilines is 2. The highest BCUT2D eigenvalue weighted by Crippen LogP contribution is 2.39. The fourth-order valence-electron chi connectivity index (χ4n) is 2.22. The first-order valence-corrected chi connectivity index (χ1v) is 5.57. The van der Waals surface area contributed by atoms with Gasteiger partial charge < -0.3 is 15.0 Å². The van der Waals surface area contributed by atoms with Crippen LogP contribution >= 0.6 is 0 Å². The maximum atomic E-state index is 5.27. The highest BCUT2D eigenvalue weighted by atomic mass is 16.5. The number of rotatable bonds is 2. The molecule has 1 N–H and O–H groups in total. The molecule has 0 unspecified atom stereocenters. The van der Waals surface area contributed by atoms with Crippen molar-refractivity contribution >= 4 is 11.4 Å². The van der Waals surface area contributed by atoms with Gasteiger partial charge in [0.1, 0.15) is 5.75 Å². The summed E-state index contributed by atoms with van der Waals surface area (Å²) in [5.74, 6) is 0.947. The molecular formula is C12H16N2O. The number of benzene rings is 1. The molecule has 1 aromatic carbocycles. The third kappa shape index (κ3) is 1.52. The van der Waals surface area contributed by atoms with Gasteiger partial charge in [0, 0.05) is 25.2 Å². The van der Waals surface area contributed by atoms with E-state index >= 15 is 0 Å². The summed E-state index contributed by atoms with van der Waals surface area (Å²) in [5, 5.41) is 3.43. The van der Waals surface area contributed by atoms with Crippen molar-refractivity contribution in [2.45, 2.75) is 18.9 Å². The minimum absolute atomic E-state index is 0.776. The monoisotopic (exact) mass is 204 g/mol. The van der Waals surface area contributed by atoms with Crippen LogP contribution in [0.1, 0.15) is 12.8 Å². The first kappa shape index (κ1) is 8.89. The van der Waals surface area contributed by atoms with Gasteiger partial charge in [-0.15, -0.1) is 0 Å². The maximum Gasteiger partial charge on any atom is 0.121 e. The number of hydrogen-bond acceptors (Lipinski definition) is 3. The zero-order valence-electron chi connectivity index (χ0n) is 8.99. The van der Waals surface area contributed by atoms with Gasteiger partial charge in [-0.25, -0.2) is 0 Å². The van der Waals surface area contributed by atoms with Crippen LogP contribution < -0.4 is 15.0 Å². The molecule has 1 aliphatic carbocycles. The number of nitrogens with zero attached hydrogens (tertiary/aromatic N) is 1. The summed E-state index contributed by atoms with van der Waals surface area (Å²) in [7, 11) is 1.72. The zero-order valence-corrected chi connectivity index (χ0v) is 8.99. The number of hydrogen-bond donors (Lipinski definition) is 1. The van der Waals surface area contributed by atoms with Gasteiger partial charge in [0.15, 0.2) is 0 Å². The second kappa shape index (κ2) is 3.33. The Kier molecular flexibility index (Phi) is 1.97. The number of nitrogens with one attached hydrogen (secondary N) is 1. The van der Waals surface area contributed by atoms with Crippen molar-refractivity contribution in [2.75, 3.05) is 30.4 Å². The number of fused-ring (bicyclic) bond motifs is 1. The first-order chi connectivity index (χ1) is 7.38. The lowest BCUT2D eigenvalue weighted by molar-refractivity contribution is 0.414. The third-order valence-corrected chi connectivity index (χ3v) is 3.17. The van der Waals surface area contributed by atoms with Crippen LogP contribution in [0.2, 0.25) is 0 Å². The summed E-state index contributed by atoms with van der Waals surface area (Å²) in [6.45, 7) is 2.17. The van der Waals surface area contributed by atoms with E-state index in [-0.39, 0.29) is 0 Å². The first-order valence-electron chi connectivity index (χ1n) is 5.57. The second-order valence-corrected chi connectivity index (χ2v) is 4.23. The Morgan fingerprint density at radius 3 is 3.00 bits per heavy atom. The van der Waals surface area contributed by atoms with E-state index < -0.39 is 0 Å². The van der Waals surface area contributed by atoms with E-state index in [2.05, 4.69) is 22.3 Å². The van der Waals surface area contributed by atoms with Crippen molar-refractivity contribution in [2.24, 2.45) is 0 Å². The fraction of sp³-hybridized carbons (Fsp3) is 0.500. The van der Waals surface area contributed by atoms with Gasteiger partial charge in [0.2, 0.25) is 0 Å². The summed E-state index contributed by atoms with van der Waals surface area (Å²) in [4.78, 5) is 2.51. The maximum absolute atomic E-state index is 5.27. The van der Waals surface area contributed by atoms with Crippen LogP contribution in [0.15, 0.2) is 18.2 Å². The molecule has 0 radical (unpaired) electrons. The molecule has 1 heterocycles. The molecule has 15 heavy (non-hydrogen) atoms. The lowest BCUT2D eigenvalue weighted by Gasteiger charge is -2.32. The van der Waals surface area contributed by atoms with E-state index in [1.165, 1.54) is 24.2 Å². The standard InChI is InChI=1S/C12H16N2O/c1-15-10-4-5-11-12(8-10)14(7-6-13-11)9-2-3-9/h4-5,8-9,13H,2-3,6-7H2,1H3. The minimum atomic E-state index is 0.776. The average Bonchev–Trinajstić information content (AvgIpc) is 3.11. The quantitative estimate of drug-likeness (QED) is 0.798. The third-order valence-electron chi connectivity index (χ3n) is 3.17. The van der Waals surface area contributed by atoms with Gasteiger partial charge in [-0.3, -0.25) is 0 Å². The Labute approximate surface area is 90.0 Å². The summed E-state index contributed by atoms with van der Waals surface area (Å²) in [6, 6.07) is 7.04. The molecule has 3 heteroatoms. The fourth-order valence-corrected chi connectivity index (χ4v) is 2.22. The van der Waals surface area contributed by atoms with E-state index in [9.17, 15) is 0 Å². The highest BCUT2D eigenvalue weighted by Gasteiger charge is 2.31. The van der Waals surface area contributed by atoms with Gasteiger partial charge in [-0.1, -0.05) is 0 Å². The van der Waals surface area contributed by atoms with Gasteiger partial charge in [-0.05, 0) is 25.0 Å². The molecule has 0 spiro atoms. The van der Waals surface area contributed by atoms with Gasteiger partial charge in [0.25, 0.3) is 0 Å². The molecule has 3 rings (SSSR count). The summed E-state index contributed by atoms with van der Waals surface area (Å²) >= 11 is 0. The predicted octanol–water partition coefficient (Wildman–Crippen LogP) is 2.09. The van der Waals surface area contributed by atoms with Crippen LogP contribution in [0.3, 0.4) is 0 Å². The van der Waals surface area contributed by atoms with Crippen molar-refractivity contribution in [3.8, 4) is 5.75 Å². The molecule has 0 saturated heterocycles. The van der Waals surface area contributed by atoms with Crippen molar-refractivity contribution in [1.82, 2.24) is 0 Å². The van der Waals surface area contributed by atoms with E-state index in [4.69, 9.17) is 4.74 Å². The molecule has 2 aliphatic rings. The van der Waals surface area contributed by atoms with Gasteiger partial charge in [-0.2, -0.15) is 0 Å². The highest BCUT2D eigenvalue weighted by molar-refractivity contribution is 5.74. The molecular weight excluding hydrogens is 188 g/mol. The van der Waals surface area contributed by atoms with Gasteiger partial charge in [0.05, 0.1) is 18.5 Å². The summed E-state index contributed by atoms with van der Waals surface area (Å²) < 4.78 is 5.27. The Morgan fingerprint density at radius 1 is 1.40 bits per heavy atom. The van der Waals surface area contributed by atoms with Crippen LogP contribution in [0.25, 0.3) is 0 Å². The predicted molar refractivity (Wildman–Crippen MR) is 61.9 cm³/mol. The molecule has 0 bridgehead atoms. The van der Waals surface area contributed by atoms with Crippen molar-refractivity contribution in [3.63, 3.8) is 0 Å². The van der Waals surface area contributed by atoms with Crippen molar-refractivity contribution < 1.29 is 4.74 Å². The molecule has 0 atom stereocenters. The summed E-state index contributed by atoms with van der Waals surface area (Å²) in [6.07, 6.45) is 2.69. The Bertz CT molecular complexity index is 374. The van der Waals surface area contributed by atoms with Gasteiger partial charge >= 0.3 is 0 Å². The topological polar surface area (TPSA) is 24.5 Å². The van der Waals surface area contributed by atoms with Crippen LogP contribution in [-0.2, 0) is 0 Å². The van der Waals surface area contributed by atoms with Crippen LogP contribution in [-0.4, -0.2) is 26.2 Å². The lowest BCUT2D eigenvalue weighted by Crippen LogP contribution is -2.35. The largest absolute Gasteiger partial charge is 0.497 e. The molecule has 1 fully saturated rings. The van der Waals surface area contributed by atoms with E-state index in [0.717, 1.165) is 24.9 Å². The molecule has 0 aromatic heterocycles. The minimum Gasteiger partial charge on any atom is -0.497 e. The molecule has 1 aromatic rings. The Balaban J connectivity index is 1.99. The van der Waals surface area contributed by atoms with Crippen molar-refractivity contribution in [1.29, 1.82) is 0 Å². The van der Waals surface area contributed by atoms with E-state index in [1.807, 2.05) is 6.07 Å². The zero-order chi connectivity index (χ0) is 10.3. The van der Waals surface area contributed by atoms with E-state index in [1.54, 1.807) is 7.11 Å². The molecule has 3 nitrogen and oxygen atoms in total. The number of ether oxygens (including phenoxy) is 1. The SMILES string of the molecule is COc1ccc2c(c1)N(C1CC1)CCN2. The van der Waals surface area contributed by atoms with Crippen LogP contribution in [0, 0.1) is 0 Å². The normalized spacial score (nSPS) is 19.4. The molecule has 1 aliphatic heterocycles. The number of methoxy groups -OCH3 is 1. The lowest BCUT2D eigenvalue weighted by atomic mass is 10.2. The Hall–Kier alpha value is -1.38. The van der Waals surface area contributed by atoms with E-state index in [0.29, 0.717) is 0 Å². The molecule has 0 amide bonds. The Morgan fingerprint density at radius 2 is 2.27 bits per heavy atom.